The Kier molecular flexibility index (Phi) is 7.10. The number of halogens is 1. The van der Waals surface area contributed by atoms with E-state index in [1.807, 2.05) is 30.9 Å². The maximum absolute atomic E-state index is 13.8. The summed E-state index contributed by atoms with van der Waals surface area (Å²) >= 11 is 3.62. The fraction of sp³-hybridized carbons (Fsp3) is 0.538. The molecule has 8 heteroatoms. The van der Waals surface area contributed by atoms with E-state index in [1.165, 1.54) is 0 Å². The summed E-state index contributed by atoms with van der Waals surface area (Å²) in [7, 11) is 1.59. The van der Waals surface area contributed by atoms with E-state index in [0.29, 0.717) is 62.0 Å². The van der Waals surface area contributed by atoms with E-state index in [-0.39, 0.29) is 17.1 Å². The Morgan fingerprint density at radius 2 is 1.97 bits per heavy atom. The molecule has 34 heavy (non-hydrogen) atoms. The molecule has 1 aliphatic carbocycles. The van der Waals surface area contributed by atoms with Gasteiger partial charge in [-0.05, 0) is 59.3 Å². The van der Waals surface area contributed by atoms with Crippen molar-refractivity contribution in [3.63, 3.8) is 0 Å². The molecule has 0 saturated carbocycles. The normalized spacial score (nSPS) is 22.4. The zero-order valence-electron chi connectivity index (χ0n) is 20.5. The first kappa shape index (κ1) is 24.8. The lowest BCUT2D eigenvalue weighted by atomic mass is 9.68. The lowest BCUT2D eigenvalue weighted by molar-refractivity contribution is -0.131. The first-order valence-corrected chi connectivity index (χ1v) is 12.6. The standard InChI is InChI=1S/C26H33BrN2O5/c1-6-34-20-12-16(11-17(27)24(20)32-5)22-21(25(31)29-7-9-33-10-8-29)15(2)28-18-13-26(3,4)14-19(30)23(18)22/h11-12,22,28H,6-10,13-14H2,1-5H3/t22-/m1/s1. The summed E-state index contributed by atoms with van der Waals surface area (Å²) in [6.45, 7) is 10.6. The Balaban J connectivity index is 1.89. The van der Waals surface area contributed by atoms with Crippen molar-refractivity contribution in [2.24, 2.45) is 5.41 Å². The molecule has 1 aromatic carbocycles. The number of rotatable bonds is 5. The van der Waals surface area contributed by atoms with Gasteiger partial charge in [-0.2, -0.15) is 0 Å². The molecular formula is C26H33BrN2O5. The summed E-state index contributed by atoms with van der Waals surface area (Å²) in [6, 6.07) is 3.84. The van der Waals surface area contributed by atoms with Gasteiger partial charge in [0, 0.05) is 48.0 Å². The number of ketones is 1. The van der Waals surface area contributed by atoms with Crippen molar-refractivity contribution in [1.82, 2.24) is 10.2 Å². The van der Waals surface area contributed by atoms with Crippen LogP contribution in [0.25, 0.3) is 0 Å². The van der Waals surface area contributed by atoms with Crippen LogP contribution in [-0.4, -0.2) is 56.6 Å². The van der Waals surface area contributed by atoms with Crippen LogP contribution in [-0.2, 0) is 14.3 Å². The maximum atomic E-state index is 13.8. The molecule has 1 saturated heterocycles. The van der Waals surface area contributed by atoms with Gasteiger partial charge in [-0.25, -0.2) is 0 Å². The number of nitrogens with one attached hydrogen (secondary N) is 1. The third-order valence-corrected chi connectivity index (χ3v) is 7.23. The number of carbonyl (C=O) groups excluding carboxylic acids is 2. The first-order valence-electron chi connectivity index (χ1n) is 11.8. The van der Waals surface area contributed by atoms with Crippen LogP contribution in [0.4, 0.5) is 0 Å². The molecule has 0 radical (unpaired) electrons. The third kappa shape index (κ3) is 4.62. The fourth-order valence-corrected chi connectivity index (χ4v) is 5.83. The highest BCUT2D eigenvalue weighted by Crippen LogP contribution is 2.49. The Labute approximate surface area is 209 Å². The molecule has 1 aromatic rings. The second kappa shape index (κ2) is 9.74. The SMILES string of the molecule is CCOc1cc([C@@H]2C(C(=O)N3CCOCC3)=C(C)NC3=C2C(=O)CC(C)(C)C3)cc(Br)c1OC. The third-order valence-electron chi connectivity index (χ3n) is 6.64. The van der Waals surface area contributed by atoms with Crippen LogP contribution in [0.2, 0.25) is 0 Å². The second-order valence-corrected chi connectivity index (χ2v) is 10.7. The van der Waals surface area contributed by atoms with Crippen molar-refractivity contribution >= 4 is 27.6 Å². The Morgan fingerprint density at radius 1 is 1.26 bits per heavy atom. The van der Waals surface area contributed by atoms with Crippen LogP contribution in [0, 0.1) is 5.41 Å². The molecule has 184 valence electrons. The number of amides is 1. The maximum Gasteiger partial charge on any atom is 0.252 e. The molecule has 0 spiro atoms. The van der Waals surface area contributed by atoms with Gasteiger partial charge >= 0.3 is 0 Å². The van der Waals surface area contributed by atoms with Gasteiger partial charge in [-0.15, -0.1) is 0 Å². The van der Waals surface area contributed by atoms with Crippen LogP contribution in [0.5, 0.6) is 11.5 Å². The molecular weight excluding hydrogens is 500 g/mol. The van der Waals surface area contributed by atoms with E-state index < -0.39 is 5.92 Å². The lowest BCUT2D eigenvalue weighted by Gasteiger charge is -2.41. The summed E-state index contributed by atoms with van der Waals surface area (Å²) in [4.78, 5) is 29.2. The molecule has 1 amide bonds. The number of Topliss-reactive ketones (excluding diaryl/α,β-unsaturated/α-hetero) is 1. The van der Waals surface area contributed by atoms with E-state index in [1.54, 1.807) is 7.11 Å². The van der Waals surface area contributed by atoms with Crippen LogP contribution in [0.1, 0.15) is 52.0 Å². The zero-order chi connectivity index (χ0) is 24.6. The van der Waals surface area contributed by atoms with Gasteiger partial charge in [0.25, 0.3) is 5.91 Å². The van der Waals surface area contributed by atoms with Crippen LogP contribution in [0.15, 0.2) is 39.1 Å². The molecule has 0 unspecified atom stereocenters. The van der Waals surface area contributed by atoms with Crippen molar-refractivity contribution in [1.29, 1.82) is 0 Å². The minimum Gasteiger partial charge on any atom is -0.492 e. The fourth-order valence-electron chi connectivity index (χ4n) is 5.21. The summed E-state index contributed by atoms with van der Waals surface area (Å²) in [5.41, 5.74) is 3.67. The number of hydrogen-bond donors (Lipinski definition) is 1. The lowest BCUT2D eigenvalue weighted by Crippen LogP contribution is -2.45. The van der Waals surface area contributed by atoms with Gasteiger partial charge in [0.1, 0.15) is 0 Å². The molecule has 1 fully saturated rings. The number of allylic oxidation sites excluding steroid dienone is 3. The van der Waals surface area contributed by atoms with Gasteiger partial charge in [0.2, 0.25) is 0 Å². The average molecular weight is 533 g/mol. The highest BCUT2D eigenvalue weighted by Gasteiger charge is 2.44. The predicted molar refractivity (Wildman–Crippen MR) is 133 cm³/mol. The number of methoxy groups -OCH3 is 1. The van der Waals surface area contributed by atoms with E-state index in [0.717, 1.165) is 27.9 Å². The number of nitrogens with zero attached hydrogens (tertiary/aromatic N) is 1. The van der Waals surface area contributed by atoms with Gasteiger partial charge in [-0.1, -0.05) is 13.8 Å². The second-order valence-electron chi connectivity index (χ2n) is 9.80. The topological polar surface area (TPSA) is 77.1 Å². The molecule has 0 aromatic heterocycles. The minimum atomic E-state index is -0.489. The van der Waals surface area contributed by atoms with E-state index >= 15 is 0 Å². The summed E-state index contributed by atoms with van der Waals surface area (Å²) in [6.07, 6.45) is 1.19. The van der Waals surface area contributed by atoms with Crippen LogP contribution in [0.3, 0.4) is 0 Å². The molecule has 1 N–H and O–H groups in total. The Hall–Kier alpha value is -2.32. The summed E-state index contributed by atoms with van der Waals surface area (Å²) in [5, 5.41) is 3.44. The van der Waals surface area contributed by atoms with E-state index in [9.17, 15) is 9.59 Å². The quantitative estimate of drug-likeness (QED) is 0.608. The molecule has 3 aliphatic rings. The van der Waals surface area contributed by atoms with Crippen molar-refractivity contribution in [2.45, 2.75) is 46.5 Å². The number of benzene rings is 1. The Morgan fingerprint density at radius 3 is 2.62 bits per heavy atom. The highest BCUT2D eigenvalue weighted by molar-refractivity contribution is 9.10. The minimum absolute atomic E-state index is 0.0626. The molecule has 2 heterocycles. The van der Waals surface area contributed by atoms with Crippen molar-refractivity contribution in [3.8, 4) is 11.5 Å². The van der Waals surface area contributed by atoms with Gasteiger partial charge in [0.15, 0.2) is 17.3 Å². The van der Waals surface area contributed by atoms with Crippen molar-refractivity contribution < 1.29 is 23.8 Å². The number of dihydropyridines is 1. The summed E-state index contributed by atoms with van der Waals surface area (Å²) in [5.74, 6) is 0.693. The number of carbonyl (C=O) groups is 2. The van der Waals surface area contributed by atoms with Crippen molar-refractivity contribution in [3.05, 3.63) is 44.7 Å². The monoisotopic (exact) mass is 532 g/mol. The first-order chi connectivity index (χ1) is 16.2. The molecule has 7 nitrogen and oxygen atoms in total. The Bertz CT molecular complexity index is 1070. The average Bonchev–Trinajstić information content (AvgIpc) is 2.77. The van der Waals surface area contributed by atoms with Crippen LogP contribution < -0.4 is 14.8 Å². The van der Waals surface area contributed by atoms with Gasteiger partial charge in [0.05, 0.1) is 31.4 Å². The smallest absolute Gasteiger partial charge is 0.252 e. The number of hydrogen-bond acceptors (Lipinski definition) is 6. The number of ether oxygens (including phenoxy) is 3. The van der Waals surface area contributed by atoms with E-state index in [2.05, 4.69) is 35.1 Å². The highest BCUT2D eigenvalue weighted by atomic mass is 79.9. The largest absolute Gasteiger partial charge is 0.492 e. The zero-order valence-corrected chi connectivity index (χ0v) is 22.1. The molecule has 2 aliphatic heterocycles. The summed E-state index contributed by atoms with van der Waals surface area (Å²) < 4.78 is 17.6. The molecule has 0 bridgehead atoms. The molecule has 1 atom stereocenters. The van der Waals surface area contributed by atoms with Crippen molar-refractivity contribution in [2.75, 3.05) is 40.0 Å². The predicted octanol–water partition coefficient (Wildman–Crippen LogP) is 4.32. The van der Waals surface area contributed by atoms with Crippen LogP contribution >= 0.6 is 15.9 Å². The van der Waals surface area contributed by atoms with Gasteiger partial charge in [-0.3, -0.25) is 9.59 Å². The van der Waals surface area contributed by atoms with E-state index in [4.69, 9.17) is 14.2 Å². The molecule has 4 rings (SSSR count). The number of morpholine rings is 1. The van der Waals surface area contributed by atoms with Gasteiger partial charge < -0.3 is 24.4 Å².